The summed E-state index contributed by atoms with van der Waals surface area (Å²) in [5.74, 6) is 1.11. The lowest BCUT2D eigenvalue weighted by Crippen LogP contribution is -2.47. The van der Waals surface area contributed by atoms with Gasteiger partial charge in [-0.25, -0.2) is 0 Å². The van der Waals surface area contributed by atoms with Gasteiger partial charge in [-0.1, -0.05) is 11.6 Å². The highest BCUT2D eigenvalue weighted by Gasteiger charge is 2.55. The van der Waals surface area contributed by atoms with Crippen LogP contribution >= 0.6 is 34.7 Å². The number of likely N-dealkylation sites (tertiary alicyclic amines) is 1. The summed E-state index contributed by atoms with van der Waals surface area (Å²) in [7, 11) is 0. The van der Waals surface area contributed by atoms with Crippen LogP contribution in [0.15, 0.2) is 18.5 Å². The predicted octanol–water partition coefficient (Wildman–Crippen LogP) is 4.51. The number of nitrogens with zero attached hydrogens (tertiary/aromatic N) is 3. The summed E-state index contributed by atoms with van der Waals surface area (Å²) in [4.78, 5) is 3.97. The molecule has 0 N–H and O–H groups in total. The third-order valence-electron chi connectivity index (χ3n) is 6.45. The Balaban J connectivity index is 1.26. The van der Waals surface area contributed by atoms with Crippen LogP contribution in [0.1, 0.15) is 41.7 Å². The Morgan fingerprint density at radius 1 is 1.30 bits per heavy atom. The molecule has 5 rings (SSSR count). The summed E-state index contributed by atoms with van der Waals surface area (Å²) < 4.78 is 9.57. The first kappa shape index (κ1) is 18.5. The molecule has 0 amide bonds. The molecular weight excluding hydrogens is 398 g/mol. The number of hydrogen-bond acceptors (Lipinski definition) is 5. The van der Waals surface area contributed by atoms with Crippen LogP contribution in [0.5, 0.6) is 0 Å². The molecule has 146 valence electrons. The SMILES string of the molecule is CSCCn1cc(CN2CCC3(CC2)OCC2(CC2)c2cc(Cl)sc23)cn1. The minimum absolute atomic E-state index is 0.0972. The van der Waals surface area contributed by atoms with Crippen molar-refractivity contribution in [3.05, 3.63) is 38.8 Å². The van der Waals surface area contributed by atoms with Crippen molar-refractivity contribution in [2.24, 2.45) is 0 Å². The number of thioether (sulfide) groups is 1. The first-order chi connectivity index (χ1) is 13.1. The molecule has 2 aromatic rings. The van der Waals surface area contributed by atoms with Crippen molar-refractivity contribution in [3.63, 3.8) is 0 Å². The maximum absolute atomic E-state index is 6.58. The van der Waals surface area contributed by atoms with Crippen LogP contribution in [0, 0.1) is 0 Å². The molecule has 4 nitrogen and oxygen atoms in total. The number of thiophene rings is 1. The Morgan fingerprint density at radius 3 is 2.85 bits per heavy atom. The van der Waals surface area contributed by atoms with E-state index in [1.165, 1.54) is 28.8 Å². The molecule has 3 aliphatic rings. The van der Waals surface area contributed by atoms with Crippen LogP contribution in [-0.2, 0) is 28.8 Å². The smallest absolute Gasteiger partial charge is 0.105 e. The van der Waals surface area contributed by atoms with Gasteiger partial charge in [-0.3, -0.25) is 9.58 Å². The van der Waals surface area contributed by atoms with Gasteiger partial charge in [-0.05, 0) is 43.6 Å². The minimum atomic E-state index is -0.0972. The predicted molar refractivity (Wildman–Crippen MR) is 113 cm³/mol. The molecular formula is C20H26ClN3OS2. The van der Waals surface area contributed by atoms with E-state index in [1.54, 1.807) is 11.3 Å². The summed E-state index contributed by atoms with van der Waals surface area (Å²) in [5.41, 5.74) is 3.02. The minimum Gasteiger partial charge on any atom is -0.368 e. The fourth-order valence-corrected chi connectivity index (χ4v) is 6.49. The van der Waals surface area contributed by atoms with Crippen molar-refractivity contribution in [2.75, 3.05) is 31.7 Å². The van der Waals surface area contributed by atoms with E-state index in [2.05, 4.69) is 33.2 Å². The first-order valence-electron chi connectivity index (χ1n) is 9.79. The van der Waals surface area contributed by atoms with E-state index >= 15 is 0 Å². The van der Waals surface area contributed by atoms with Gasteiger partial charge in [-0.2, -0.15) is 16.9 Å². The van der Waals surface area contributed by atoms with Gasteiger partial charge in [0, 0.05) is 54.0 Å². The second-order valence-electron chi connectivity index (χ2n) is 8.24. The zero-order valence-corrected chi connectivity index (χ0v) is 18.1. The molecule has 0 radical (unpaired) electrons. The van der Waals surface area contributed by atoms with E-state index in [0.29, 0.717) is 5.41 Å². The van der Waals surface area contributed by atoms with E-state index in [1.807, 2.05) is 18.0 Å². The van der Waals surface area contributed by atoms with Crippen molar-refractivity contribution in [3.8, 4) is 0 Å². The molecule has 1 aliphatic carbocycles. The molecule has 7 heteroatoms. The van der Waals surface area contributed by atoms with E-state index in [4.69, 9.17) is 16.3 Å². The van der Waals surface area contributed by atoms with Crippen molar-refractivity contribution < 1.29 is 4.74 Å². The molecule has 1 saturated heterocycles. The lowest BCUT2D eigenvalue weighted by molar-refractivity contribution is -0.107. The summed E-state index contributed by atoms with van der Waals surface area (Å²) in [6.07, 6.45) is 11.0. The van der Waals surface area contributed by atoms with Gasteiger partial charge in [-0.15, -0.1) is 11.3 Å². The molecule has 2 fully saturated rings. The van der Waals surface area contributed by atoms with E-state index in [-0.39, 0.29) is 5.60 Å². The molecule has 2 spiro atoms. The highest BCUT2D eigenvalue weighted by molar-refractivity contribution is 7.98. The van der Waals surface area contributed by atoms with Crippen LogP contribution in [-0.4, -0.2) is 46.4 Å². The first-order valence-corrected chi connectivity index (χ1v) is 12.4. The van der Waals surface area contributed by atoms with Crippen molar-refractivity contribution in [1.82, 2.24) is 14.7 Å². The zero-order valence-electron chi connectivity index (χ0n) is 15.7. The average Bonchev–Trinajstić information content (AvgIpc) is 3.11. The molecule has 0 atom stereocenters. The second kappa shape index (κ2) is 7.06. The summed E-state index contributed by atoms with van der Waals surface area (Å²) in [5, 5.41) is 4.50. The van der Waals surface area contributed by atoms with Gasteiger partial charge in [0.25, 0.3) is 0 Å². The van der Waals surface area contributed by atoms with Gasteiger partial charge >= 0.3 is 0 Å². The largest absolute Gasteiger partial charge is 0.368 e. The zero-order chi connectivity index (χ0) is 18.5. The highest BCUT2D eigenvalue weighted by atomic mass is 35.5. The standard InChI is InChI=1S/C20H26ClN3OS2/c1-26-9-8-24-13-15(11-22-24)12-23-6-4-20(5-7-23)18-16(10-17(21)27-18)19(2-3-19)14-25-20/h10-11,13H,2-9,12,14H2,1H3. The van der Waals surface area contributed by atoms with Crippen LogP contribution in [0.3, 0.4) is 0 Å². The Bertz CT molecular complexity index is 821. The highest BCUT2D eigenvalue weighted by Crippen LogP contribution is 2.59. The number of aryl methyl sites for hydroxylation is 1. The van der Waals surface area contributed by atoms with Crippen LogP contribution in [0.2, 0.25) is 4.34 Å². The Hall–Kier alpha value is -0.530. The lowest BCUT2D eigenvalue weighted by atomic mass is 9.81. The number of ether oxygens (including phenoxy) is 1. The monoisotopic (exact) mass is 423 g/mol. The second-order valence-corrected chi connectivity index (χ2v) is 10.9. The molecule has 2 aromatic heterocycles. The molecule has 0 aromatic carbocycles. The molecule has 2 aliphatic heterocycles. The van der Waals surface area contributed by atoms with Crippen molar-refractivity contribution >= 4 is 34.7 Å². The van der Waals surface area contributed by atoms with Crippen molar-refractivity contribution in [1.29, 1.82) is 0 Å². The summed E-state index contributed by atoms with van der Waals surface area (Å²) in [6, 6.07) is 2.23. The van der Waals surface area contributed by atoms with Crippen LogP contribution < -0.4 is 0 Å². The normalized spacial score (nSPS) is 23.0. The van der Waals surface area contributed by atoms with E-state index in [0.717, 1.165) is 55.7 Å². The van der Waals surface area contributed by atoms with Gasteiger partial charge in [0.15, 0.2) is 0 Å². The number of aromatic nitrogens is 2. The number of rotatable bonds is 5. The van der Waals surface area contributed by atoms with Gasteiger partial charge in [0.1, 0.15) is 5.60 Å². The Kier molecular flexibility index (Phi) is 4.84. The van der Waals surface area contributed by atoms with Gasteiger partial charge in [0.05, 0.1) is 17.1 Å². The van der Waals surface area contributed by atoms with E-state index < -0.39 is 0 Å². The van der Waals surface area contributed by atoms with E-state index in [9.17, 15) is 0 Å². The third kappa shape index (κ3) is 3.38. The molecule has 1 saturated carbocycles. The number of hydrogen-bond donors (Lipinski definition) is 0. The van der Waals surface area contributed by atoms with Crippen LogP contribution in [0.4, 0.5) is 0 Å². The lowest BCUT2D eigenvalue weighted by Gasteiger charge is -2.45. The third-order valence-corrected chi connectivity index (χ3v) is 8.49. The maximum atomic E-state index is 6.58. The number of piperidine rings is 1. The Labute approximate surface area is 174 Å². The molecule has 27 heavy (non-hydrogen) atoms. The molecule has 4 heterocycles. The molecule has 0 unspecified atom stereocenters. The number of halogens is 1. The van der Waals surface area contributed by atoms with Gasteiger partial charge < -0.3 is 4.74 Å². The Morgan fingerprint density at radius 2 is 2.11 bits per heavy atom. The fraction of sp³-hybridized carbons (Fsp3) is 0.650. The van der Waals surface area contributed by atoms with Gasteiger partial charge in [0.2, 0.25) is 0 Å². The maximum Gasteiger partial charge on any atom is 0.105 e. The fourth-order valence-electron chi connectivity index (χ4n) is 4.57. The average molecular weight is 424 g/mol. The summed E-state index contributed by atoms with van der Waals surface area (Å²) >= 11 is 10.0. The quantitative estimate of drug-likeness (QED) is 0.707. The van der Waals surface area contributed by atoms with Crippen molar-refractivity contribution in [2.45, 2.75) is 49.8 Å². The topological polar surface area (TPSA) is 30.3 Å². The summed E-state index contributed by atoms with van der Waals surface area (Å²) in [6.45, 7) is 4.99. The number of fused-ring (bicyclic) bond motifs is 3. The molecule has 0 bridgehead atoms. The van der Waals surface area contributed by atoms with Crippen LogP contribution in [0.25, 0.3) is 0 Å².